The normalized spacial score (nSPS) is 10.5. The molecule has 5 nitrogen and oxygen atoms in total. The molecule has 80 valence electrons. The SMILES string of the molecule is Cc1cccc(C)[n+]1C.[O-][Cl+3]([O-])([O-])O. The third-order valence-electron chi connectivity index (χ3n) is 1.73. The van der Waals surface area contributed by atoms with Gasteiger partial charge >= 0.3 is 0 Å². The standard InChI is InChI=1S/C8H12N.ClHO4/c1-7-5-4-6-8(2)9(7)3;2-1(3,4)5/h4-6H,1-3H3;(H,2,3,4,5)/q+1;. The maximum Gasteiger partial charge on any atom is 0.178 e. The molecule has 0 bridgehead atoms. The number of nitrogens with zero attached hydrogens (tertiary/aromatic N) is 1. The van der Waals surface area contributed by atoms with Crippen LogP contribution in [0.3, 0.4) is 0 Å². The van der Waals surface area contributed by atoms with Crippen LogP contribution in [0.2, 0.25) is 0 Å². The number of rotatable bonds is 0. The molecule has 6 heteroatoms. The molecule has 0 aliphatic rings. The average Bonchev–Trinajstić information content (AvgIpc) is 1.97. The van der Waals surface area contributed by atoms with Gasteiger partial charge in [0.1, 0.15) is 7.05 Å². The van der Waals surface area contributed by atoms with Gasteiger partial charge in [-0.25, -0.2) is 4.57 Å². The van der Waals surface area contributed by atoms with Gasteiger partial charge in [-0.05, 0) is 6.07 Å². The molecule has 1 rings (SSSR count). The van der Waals surface area contributed by atoms with Gasteiger partial charge < -0.3 is 0 Å². The summed E-state index contributed by atoms with van der Waals surface area (Å²) < 4.78 is 34.9. The van der Waals surface area contributed by atoms with Gasteiger partial charge in [-0.1, -0.05) is 0 Å². The van der Waals surface area contributed by atoms with E-state index in [1.54, 1.807) is 0 Å². The molecule has 1 N–H and O–H groups in total. The molecule has 0 saturated heterocycles. The predicted octanol–water partition coefficient (Wildman–Crippen LogP) is -3.00. The zero-order valence-corrected chi connectivity index (χ0v) is 8.99. The topological polar surface area (TPSA) is 93.3 Å². The summed E-state index contributed by atoms with van der Waals surface area (Å²) in [5, 5.41) is 0. The molecule has 1 aromatic heterocycles. The van der Waals surface area contributed by atoms with Crippen molar-refractivity contribution in [1.29, 1.82) is 0 Å². The summed E-state index contributed by atoms with van der Waals surface area (Å²) in [7, 11) is -2.62. The Labute approximate surface area is 84.6 Å². The lowest BCUT2D eigenvalue weighted by molar-refractivity contribution is -1.92. The molecule has 0 aliphatic heterocycles. The lowest BCUT2D eigenvalue weighted by Gasteiger charge is -2.03. The highest BCUT2D eigenvalue weighted by atomic mass is 35.7. The van der Waals surface area contributed by atoms with Crippen LogP contribution in [-0.4, -0.2) is 4.66 Å². The number of hydrogen-bond acceptors (Lipinski definition) is 4. The first-order valence-electron chi connectivity index (χ1n) is 3.77. The van der Waals surface area contributed by atoms with Crippen LogP contribution in [0.4, 0.5) is 0 Å². The van der Waals surface area contributed by atoms with Crippen LogP contribution in [0.5, 0.6) is 0 Å². The van der Waals surface area contributed by atoms with E-state index in [9.17, 15) is 0 Å². The minimum absolute atomic E-state index is 1.30. The number of aromatic nitrogens is 1. The number of hydrogen-bond donors (Lipinski definition) is 1. The number of aryl methyl sites for hydroxylation is 2. The molecule has 1 heterocycles. The zero-order valence-electron chi connectivity index (χ0n) is 8.23. The zero-order chi connectivity index (χ0) is 11.4. The maximum atomic E-state index is 8.60. The minimum atomic E-state index is -4.69. The number of halogens is 1. The summed E-state index contributed by atoms with van der Waals surface area (Å²) >= 11 is 0. The first-order valence-corrected chi connectivity index (χ1v) is 5.03. The lowest BCUT2D eigenvalue weighted by atomic mass is 10.3. The molecule has 0 saturated carbocycles. The summed E-state index contributed by atoms with van der Waals surface area (Å²) in [6, 6.07) is 6.28. The largest absolute Gasteiger partial charge is 0.203 e. The molecule has 0 unspecified atom stereocenters. The van der Waals surface area contributed by atoms with E-state index in [1.165, 1.54) is 11.4 Å². The molecule has 14 heavy (non-hydrogen) atoms. The van der Waals surface area contributed by atoms with Gasteiger partial charge in [-0.3, -0.25) is 0 Å². The van der Waals surface area contributed by atoms with Crippen molar-refractivity contribution in [1.82, 2.24) is 0 Å². The second-order valence-electron chi connectivity index (χ2n) is 2.76. The molecule has 0 spiro atoms. The molecular formula is C8H13ClNO4+. The van der Waals surface area contributed by atoms with E-state index in [0.29, 0.717) is 0 Å². The van der Waals surface area contributed by atoms with Gasteiger partial charge in [0.15, 0.2) is 11.4 Å². The first-order chi connectivity index (χ1) is 6.22. The Morgan fingerprint density at radius 1 is 1.14 bits per heavy atom. The Kier molecular flexibility index (Phi) is 4.96. The van der Waals surface area contributed by atoms with Crippen molar-refractivity contribution >= 4 is 0 Å². The number of pyridine rings is 1. The molecular weight excluding hydrogens is 210 g/mol. The van der Waals surface area contributed by atoms with Crippen LogP contribution in [0.1, 0.15) is 11.4 Å². The van der Waals surface area contributed by atoms with Crippen LogP contribution in [0.15, 0.2) is 18.2 Å². The van der Waals surface area contributed by atoms with Crippen LogP contribution < -0.4 is 18.5 Å². The fourth-order valence-corrected chi connectivity index (χ4v) is 0.828. The van der Waals surface area contributed by atoms with Crippen molar-refractivity contribution in [2.24, 2.45) is 7.05 Å². The molecule has 0 atom stereocenters. The highest BCUT2D eigenvalue weighted by molar-refractivity contribution is 5.00. The third kappa shape index (κ3) is 6.76. The fourth-order valence-electron chi connectivity index (χ4n) is 0.828. The van der Waals surface area contributed by atoms with E-state index in [2.05, 4.69) is 43.7 Å². The van der Waals surface area contributed by atoms with E-state index < -0.39 is 10.2 Å². The van der Waals surface area contributed by atoms with Crippen LogP contribution in [0.25, 0.3) is 0 Å². The van der Waals surface area contributed by atoms with Crippen molar-refractivity contribution in [3.8, 4) is 0 Å². The van der Waals surface area contributed by atoms with Crippen LogP contribution in [-0.2, 0) is 7.05 Å². The Balaban J connectivity index is 0.000000292. The second-order valence-corrected chi connectivity index (χ2v) is 3.56. The quantitative estimate of drug-likeness (QED) is 0.474. The summed E-state index contributed by atoms with van der Waals surface area (Å²) in [4.78, 5) is 0. The smallest absolute Gasteiger partial charge is 0.178 e. The van der Waals surface area contributed by atoms with Crippen molar-refractivity contribution in [2.75, 3.05) is 0 Å². The average molecular weight is 223 g/mol. The Bertz CT molecular complexity index is 272. The molecule has 0 radical (unpaired) electrons. The summed E-state index contributed by atoms with van der Waals surface area (Å²) in [5.41, 5.74) is 2.60. The highest BCUT2D eigenvalue weighted by Gasteiger charge is 2.00. The third-order valence-corrected chi connectivity index (χ3v) is 1.73. The van der Waals surface area contributed by atoms with Gasteiger partial charge in [-0.15, -0.1) is 0 Å². The summed E-state index contributed by atoms with van der Waals surface area (Å²) in [5.74, 6) is 0. The Morgan fingerprint density at radius 3 is 1.64 bits per heavy atom. The van der Waals surface area contributed by atoms with Gasteiger partial charge in [-0.2, -0.15) is 14.0 Å². The Hall–Kier alpha value is -0.720. The molecule has 0 aliphatic carbocycles. The maximum absolute atomic E-state index is 8.60. The molecule has 0 amide bonds. The van der Waals surface area contributed by atoms with Gasteiger partial charge in [0, 0.05) is 26.0 Å². The van der Waals surface area contributed by atoms with Crippen molar-refractivity contribution in [2.45, 2.75) is 13.8 Å². The predicted molar refractivity (Wildman–Crippen MR) is 39.3 cm³/mol. The van der Waals surface area contributed by atoms with Crippen LogP contribution >= 0.6 is 0 Å². The molecule has 1 aromatic rings. The van der Waals surface area contributed by atoms with E-state index >= 15 is 0 Å². The van der Waals surface area contributed by atoms with E-state index in [-0.39, 0.29) is 0 Å². The second kappa shape index (κ2) is 5.23. The first kappa shape index (κ1) is 13.3. The highest BCUT2D eigenvalue weighted by Crippen LogP contribution is 1.90. The van der Waals surface area contributed by atoms with Gasteiger partial charge in [0.25, 0.3) is 0 Å². The summed E-state index contributed by atoms with van der Waals surface area (Å²) in [6.07, 6.45) is 0. The molecule has 0 fully saturated rings. The van der Waals surface area contributed by atoms with Crippen LogP contribution in [0, 0.1) is 24.1 Å². The van der Waals surface area contributed by atoms with Crippen molar-refractivity contribution in [3.05, 3.63) is 29.6 Å². The monoisotopic (exact) mass is 222 g/mol. The van der Waals surface area contributed by atoms with E-state index in [4.69, 9.17) is 18.6 Å². The minimum Gasteiger partial charge on any atom is -0.203 e. The fraction of sp³-hybridized carbons (Fsp3) is 0.375. The summed E-state index contributed by atoms with van der Waals surface area (Å²) in [6.45, 7) is 4.21. The lowest BCUT2D eigenvalue weighted by Crippen LogP contribution is -2.58. The van der Waals surface area contributed by atoms with Crippen molar-refractivity contribution < 1.29 is 33.4 Å². The van der Waals surface area contributed by atoms with Gasteiger partial charge in [0.05, 0.1) is 14.9 Å². The van der Waals surface area contributed by atoms with E-state index in [0.717, 1.165) is 0 Å². The Morgan fingerprint density at radius 2 is 1.43 bits per heavy atom. The molecule has 0 aromatic carbocycles. The van der Waals surface area contributed by atoms with Gasteiger partial charge in [0.2, 0.25) is 0 Å². The van der Waals surface area contributed by atoms with Crippen molar-refractivity contribution in [3.63, 3.8) is 0 Å². The van der Waals surface area contributed by atoms with E-state index in [1.807, 2.05) is 0 Å².